The molecule has 154 valence electrons. The van der Waals surface area contributed by atoms with Crippen LogP contribution in [0, 0.1) is 5.41 Å². The Kier molecular flexibility index (Phi) is 7.28. The molecule has 1 saturated carbocycles. The van der Waals surface area contributed by atoms with E-state index in [1.807, 2.05) is 32.6 Å². The molecule has 7 heteroatoms. The van der Waals surface area contributed by atoms with Crippen LogP contribution in [0.3, 0.4) is 0 Å². The van der Waals surface area contributed by atoms with E-state index < -0.39 is 0 Å². The molecule has 0 radical (unpaired) electrons. The van der Waals surface area contributed by atoms with Gasteiger partial charge in [-0.3, -0.25) is 4.68 Å². The van der Waals surface area contributed by atoms with E-state index in [2.05, 4.69) is 60.0 Å². The summed E-state index contributed by atoms with van der Waals surface area (Å²) in [6, 6.07) is 2.01. The minimum Gasteiger partial charge on any atom is -0.390 e. The van der Waals surface area contributed by atoms with Gasteiger partial charge < -0.3 is 9.67 Å². The third-order valence-electron chi connectivity index (χ3n) is 4.10. The summed E-state index contributed by atoms with van der Waals surface area (Å²) in [4.78, 5) is 9.02. The molecular formula is C21H33N5OS. The van der Waals surface area contributed by atoms with Gasteiger partial charge in [0.25, 0.3) is 0 Å². The van der Waals surface area contributed by atoms with E-state index in [1.54, 1.807) is 10.9 Å². The maximum Gasteiger partial charge on any atom is 0.181 e. The Morgan fingerprint density at radius 1 is 1.18 bits per heavy atom. The number of aromatic nitrogens is 5. The van der Waals surface area contributed by atoms with Crippen LogP contribution >= 0.6 is 12.6 Å². The summed E-state index contributed by atoms with van der Waals surface area (Å²) >= 11 is 3.53. The average molecular weight is 404 g/mol. The molecule has 3 aromatic heterocycles. The monoisotopic (exact) mass is 403 g/mol. The van der Waals surface area contributed by atoms with Crippen molar-refractivity contribution in [1.82, 2.24) is 24.3 Å². The maximum absolute atomic E-state index is 9.63. The predicted octanol–water partition coefficient (Wildman–Crippen LogP) is 4.34. The maximum atomic E-state index is 9.63. The van der Waals surface area contributed by atoms with Crippen LogP contribution in [0.5, 0.6) is 0 Å². The third kappa shape index (κ3) is 5.58. The molecule has 0 spiro atoms. The molecule has 0 atom stereocenters. The second-order valence-electron chi connectivity index (χ2n) is 8.70. The number of aliphatic hydroxyl groups is 1. The predicted molar refractivity (Wildman–Crippen MR) is 119 cm³/mol. The Morgan fingerprint density at radius 2 is 1.79 bits per heavy atom. The lowest BCUT2D eigenvalue weighted by Gasteiger charge is -2.08. The molecule has 1 N–H and O–H groups in total. The summed E-state index contributed by atoms with van der Waals surface area (Å²) < 4.78 is 3.85. The molecule has 1 aliphatic carbocycles. The average Bonchev–Trinajstić information content (AvgIpc) is 3.29. The Labute approximate surface area is 173 Å². The first kappa shape index (κ1) is 22.4. The van der Waals surface area contributed by atoms with Gasteiger partial charge in [-0.2, -0.15) is 17.7 Å². The van der Waals surface area contributed by atoms with Crippen LogP contribution in [0.2, 0.25) is 0 Å². The molecule has 0 unspecified atom stereocenters. The fourth-order valence-electron chi connectivity index (χ4n) is 2.86. The van der Waals surface area contributed by atoms with Crippen LogP contribution in [0.1, 0.15) is 57.8 Å². The SMILES string of the molecule is CC(C)(C)C.CS.Cn1cc2cc(-c3ncc(C4CC4)n3C)c(CO)nc2n1. The molecule has 4 rings (SSSR count). The fourth-order valence-corrected chi connectivity index (χ4v) is 2.86. The highest BCUT2D eigenvalue weighted by Crippen LogP contribution is 2.41. The fraction of sp³-hybridized carbons (Fsp3) is 0.571. The van der Waals surface area contributed by atoms with E-state index in [4.69, 9.17) is 0 Å². The Hall–Kier alpha value is -1.86. The molecule has 0 aromatic carbocycles. The zero-order valence-corrected chi connectivity index (χ0v) is 19.0. The van der Waals surface area contributed by atoms with Crippen molar-refractivity contribution in [2.24, 2.45) is 19.5 Å². The van der Waals surface area contributed by atoms with Crippen molar-refractivity contribution >= 4 is 23.7 Å². The number of rotatable bonds is 3. The van der Waals surface area contributed by atoms with E-state index >= 15 is 0 Å². The summed E-state index contributed by atoms with van der Waals surface area (Å²) in [7, 11) is 3.90. The van der Waals surface area contributed by atoms with Crippen molar-refractivity contribution in [3.8, 4) is 11.4 Å². The van der Waals surface area contributed by atoms with Gasteiger partial charge in [-0.05, 0) is 30.6 Å². The van der Waals surface area contributed by atoms with Crippen molar-refractivity contribution in [3.05, 3.63) is 29.8 Å². The number of thiol groups is 1. The second kappa shape index (κ2) is 9.09. The smallest absolute Gasteiger partial charge is 0.181 e. The molecular weight excluding hydrogens is 370 g/mol. The van der Waals surface area contributed by atoms with Gasteiger partial charge in [0, 0.05) is 49.1 Å². The summed E-state index contributed by atoms with van der Waals surface area (Å²) in [6.07, 6.45) is 8.05. The number of hydrogen-bond donors (Lipinski definition) is 2. The van der Waals surface area contributed by atoms with Gasteiger partial charge in [0.05, 0.1) is 12.3 Å². The summed E-state index contributed by atoms with van der Waals surface area (Å²) in [5.41, 5.74) is 3.92. The number of nitrogens with zero attached hydrogens (tertiary/aromatic N) is 5. The number of aryl methyl sites for hydroxylation is 1. The third-order valence-corrected chi connectivity index (χ3v) is 4.10. The van der Waals surface area contributed by atoms with Crippen LogP contribution in [0.4, 0.5) is 0 Å². The van der Waals surface area contributed by atoms with E-state index in [0.29, 0.717) is 22.7 Å². The first-order valence-electron chi connectivity index (χ1n) is 9.58. The van der Waals surface area contributed by atoms with Gasteiger partial charge in [-0.25, -0.2) is 9.97 Å². The molecule has 0 bridgehead atoms. The minimum atomic E-state index is -0.118. The summed E-state index contributed by atoms with van der Waals surface area (Å²) in [5, 5.41) is 14.9. The summed E-state index contributed by atoms with van der Waals surface area (Å²) in [5.74, 6) is 1.50. The quantitative estimate of drug-likeness (QED) is 0.639. The van der Waals surface area contributed by atoms with Gasteiger partial charge in [0.2, 0.25) is 0 Å². The number of aliphatic hydroxyl groups excluding tert-OH is 1. The molecule has 3 heterocycles. The topological polar surface area (TPSA) is 68.8 Å². The second-order valence-corrected chi connectivity index (χ2v) is 8.70. The molecule has 1 fully saturated rings. The molecule has 1 aliphatic rings. The zero-order chi connectivity index (χ0) is 21.1. The molecule has 6 nitrogen and oxygen atoms in total. The van der Waals surface area contributed by atoms with Gasteiger partial charge in [-0.15, -0.1) is 0 Å². The Morgan fingerprint density at radius 3 is 2.32 bits per heavy atom. The molecule has 28 heavy (non-hydrogen) atoms. The van der Waals surface area contributed by atoms with Crippen molar-refractivity contribution in [1.29, 1.82) is 0 Å². The van der Waals surface area contributed by atoms with Gasteiger partial charge >= 0.3 is 0 Å². The van der Waals surface area contributed by atoms with E-state index in [0.717, 1.165) is 16.8 Å². The van der Waals surface area contributed by atoms with Crippen molar-refractivity contribution in [2.45, 2.75) is 53.1 Å². The number of imidazole rings is 1. The lowest BCUT2D eigenvalue weighted by Crippen LogP contribution is -2.02. The van der Waals surface area contributed by atoms with E-state index in [-0.39, 0.29) is 6.61 Å². The highest BCUT2D eigenvalue weighted by molar-refractivity contribution is 7.79. The number of hydrogen-bond acceptors (Lipinski definition) is 5. The van der Waals surface area contributed by atoms with Crippen LogP contribution < -0.4 is 0 Å². The van der Waals surface area contributed by atoms with Crippen LogP contribution in [0.25, 0.3) is 22.4 Å². The van der Waals surface area contributed by atoms with E-state index in [9.17, 15) is 5.11 Å². The van der Waals surface area contributed by atoms with Gasteiger partial charge in [0.15, 0.2) is 5.65 Å². The summed E-state index contributed by atoms with van der Waals surface area (Å²) in [6.45, 7) is 8.63. The lowest BCUT2D eigenvalue weighted by molar-refractivity contribution is 0.277. The molecule has 0 amide bonds. The van der Waals surface area contributed by atoms with Crippen LogP contribution in [0.15, 0.2) is 18.5 Å². The van der Waals surface area contributed by atoms with Crippen LogP contribution in [-0.2, 0) is 20.7 Å². The van der Waals surface area contributed by atoms with Gasteiger partial charge in [0.1, 0.15) is 5.82 Å². The Bertz CT molecular complexity index is 913. The van der Waals surface area contributed by atoms with Crippen molar-refractivity contribution < 1.29 is 5.11 Å². The number of fused-ring (bicyclic) bond motifs is 1. The van der Waals surface area contributed by atoms with Crippen molar-refractivity contribution in [2.75, 3.05) is 6.26 Å². The minimum absolute atomic E-state index is 0.118. The first-order chi connectivity index (χ1) is 13.2. The zero-order valence-electron chi connectivity index (χ0n) is 18.1. The number of pyridine rings is 1. The largest absolute Gasteiger partial charge is 0.390 e. The normalized spacial score (nSPS) is 13.6. The molecule has 3 aromatic rings. The van der Waals surface area contributed by atoms with Gasteiger partial charge in [-0.1, -0.05) is 27.7 Å². The first-order valence-corrected chi connectivity index (χ1v) is 10.5. The highest BCUT2D eigenvalue weighted by Gasteiger charge is 2.28. The highest BCUT2D eigenvalue weighted by atomic mass is 32.1. The van der Waals surface area contributed by atoms with Crippen molar-refractivity contribution in [3.63, 3.8) is 0 Å². The standard InChI is InChI=1S/C15H17N5O.C5H12.CH4S/c1-19-7-10-5-11(12(8-21)17-14(10)18-19)15-16-6-13(20(15)2)9-3-4-9;1-5(2,3)4;1-2/h5-7,9,21H,3-4,8H2,1-2H3;1-4H3;2H,1H3. The van der Waals surface area contributed by atoms with Crippen LogP contribution in [-0.4, -0.2) is 35.7 Å². The Balaban J connectivity index is 0.000000352. The molecule has 0 saturated heterocycles. The molecule has 0 aliphatic heterocycles. The lowest BCUT2D eigenvalue weighted by atomic mass is 10.0. The van der Waals surface area contributed by atoms with E-state index in [1.165, 1.54) is 18.5 Å².